The number of hydrogen-bond donors (Lipinski definition) is 1. The van der Waals surface area contributed by atoms with Crippen LogP contribution in [-0.2, 0) is 6.54 Å². The zero-order valence-corrected chi connectivity index (χ0v) is 7.98. The first-order valence-corrected chi connectivity index (χ1v) is 4.81. The average molecular weight is 180 g/mol. The van der Waals surface area contributed by atoms with E-state index in [1.165, 1.54) is 12.8 Å². The molecule has 0 amide bonds. The number of nitrogens with zero attached hydrogens (tertiary/aromatic N) is 3. The molecule has 0 spiro atoms. The van der Waals surface area contributed by atoms with Crippen LogP contribution < -0.4 is 5.73 Å². The van der Waals surface area contributed by atoms with Crippen LogP contribution >= 0.6 is 0 Å². The van der Waals surface area contributed by atoms with Crippen LogP contribution in [0, 0.1) is 5.41 Å². The minimum atomic E-state index is 0.316. The lowest BCUT2D eigenvalue weighted by atomic mass is 9.95. The van der Waals surface area contributed by atoms with Crippen molar-refractivity contribution in [3.63, 3.8) is 0 Å². The van der Waals surface area contributed by atoms with Gasteiger partial charge in [-0.25, -0.2) is 4.98 Å². The Kier molecular flexibility index (Phi) is 2.07. The van der Waals surface area contributed by atoms with Gasteiger partial charge < -0.3 is 5.73 Å². The van der Waals surface area contributed by atoms with E-state index < -0.39 is 0 Å². The highest BCUT2D eigenvalue weighted by molar-refractivity contribution is 4.98. The largest absolute Gasteiger partial charge is 0.327 e. The van der Waals surface area contributed by atoms with Crippen molar-refractivity contribution in [1.29, 1.82) is 0 Å². The van der Waals surface area contributed by atoms with E-state index in [-0.39, 0.29) is 0 Å². The summed E-state index contributed by atoms with van der Waals surface area (Å²) in [6, 6.07) is 0.316. The lowest BCUT2D eigenvalue weighted by Crippen LogP contribution is -2.29. The van der Waals surface area contributed by atoms with Crippen LogP contribution in [0.1, 0.15) is 26.2 Å². The number of aromatic nitrogens is 3. The maximum absolute atomic E-state index is 5.93. The van der Waals surface area contributed by atoms with Gasteiger partial charge in [-0.05, 0) is 31.6 Å². The summed E-state index contributed by atoms with van der Waals surface area (Å²) in [6.45, 7) is 3.05. The molecule has 2 rings (SSSR count). The van der Waals surface area contributed by atoms with Gasteiger partial charge in [0.2, 0.25) is 0 Å². The molecule has 0 radical (unpaired) electrons. The molecule has 2 N–H and O–H groups in total. The second-order valence-electron chi connectivity index (χ2n) is 4.06. The molecule has 0 saturated heterocycles. The van der Waals surface area contributed by atoms with Crippen LogP contribution in [0.4, 0.5) is 0 Å². The van der Waals surface area contributed by atoms with Gasteiger partial charge >= 0.3 is 0 Å². The van der Waals surface area contributed by atoms with Crippen molar-refractivity contribution in [2.45, 2.75) is 38.8 Å². The smallest absolute Gasteiger partial charge is 0.137 e. The molecule has 0 bridgehead atoms. The average Bonchev–Trinajstić information content (AvgIpc) is 2.73. The van der Waals surface area contributed by atoms with Gasteiger partial charge in [0.05, 0.1) is 0 Å². The van der Waals surface area contributed by atoms with Crippen molar-refractivity contribution in [3.8, 4) is 0 Å². The fraction of sp³-hybridized carbons (Fsp3) is 0.778. The number of aryl methyl sites for hydroxylation is 1. The molecule has 1 atom stereocenters. The van der Waals surface area contributed by atoms with Crippen molar-refractivity contribution >= 4 is 0 Å². The van der Waals surface area contributed by atoms with E-state index in [9.17, 15) is 0 Å². The highest BCUT2D eigenvalue weighted by Gasteiger charge is 2.45. The van der Waals surface area contributed by atoms with Crippen molar-refractivity contribution in [3.05, 3.63) is 12.7 Å². The minimum absolute atomic E-state index is 0.316. The Morgan fingerprint density at radius 2 is 2.38 bits per heavy atom. The van der Waals surface area contributed by atoms with Gasteiger partial charge in [-0.2, -0.15) is 5.10 Å². The number of rotatable bonds is 4. The van der Waals surface area contributed by atoms with Gasteiger partial charge in [-0.3, -0.25) is 4.68 Å². The highest BCUT2D eigenvalue weighted by atomic mass is 15.3. The van der Waals surface area contributed by atoms with Crippen LogP contribution in [-0.4, -0.2) is 20.8 Å². The summed E-state index contributed by atoms with van der Waals surface area (Å²) in [6.07, 6.45) is 7.02. The first-order valence-electron chi connectivity index (χ1n) is 4.81. The third kappa shape index (κ3) is 1.72. The molecular formula is C9H16N4. The summed E-state index contributed by atoms with van der Waals surface area (Å²) in [4.78, 5) is 3.91. The first-order chi connectivity index (χ1) is 6.23. The molecule has 0 aromatic carbocycles. The van der Waals surface area contributed by atoms with Crippen LogP contribution in [0.2, 0.25) is 0 Å². The summed E-state index contributed by atoms with van der Waals surface area (Å²) >= 11 is 0. The Morgan fingerprint density at radius 3 is 2.85 bits per heavy atom. The zero-order chi connectivity index (χ0) is 9.31. The molecule has 1 aliphatic rings. The lowest BCUT2D eigenvalue weighted by Gasteiger charge is -2.18. The fourth-order valence-corrected chi connectivity index (χ4v) is 1.78. The predicted octanol–water partition coefficient (Wildman–Crippen LogP) is 0.796. The van der Waals surface area contributed by atoms with Gasteiger partial charge in [0.15, 0.2) is 0 Å². The highest BCUT2D eigenvalue weighted by Crippen LogP contribution is 2.51. The second kappa shape index (κ2) is 3.10. The van der Waals surface area contributed by atoms with E-state index in [1.54, 1.807) is 12.7 Å². The van der Waals surface area contributed by atoms with Gasteiger partial charge in [0.25, 0.3) is 0 Å². The van der Waals surface area contributed by atoms with E-state index in [4.69, 9.17) is 5.73 Å². The number of nitrogens with two attached hydrogens (primary N) is 1. The Hall–Kier alpha value is -0.900. The fourth-order valence-electron chi connectivity index (χ4n) is 1.78. The zero-order valence-electron chi connectivity index (χ0n) is 7.98. The van der Waals surface area contributed by atoms with Gasteiger partial charge in [-0.15, -0.1) is 0 Å². The Bertz CT molecular complexity index is 261. The van der Waals surface area contributed by atoms with E-state index in [0.29, 0.717) is 11.5 Å². The van der Waals surface area contributed by atoms with E-state index >= 15 is 0 Å². The van der Waals surface area contributed by atoms with Crippen LogP contribution in [0.5, 0.6) is 0 Å². The summed E-state index contributed by atoms with van der Waals surface area (Å²) in [5, 5.41) is 4.07. The molecule has 1 unspecified atom stereocenters. The maximum atomic E-state index is 5.93. The molecule has 1 saturated carbocycles. The van der Waals surface area contributed by atoms with Gasteiger partial charge in [0.1, 0.15) is 12.7 Å². The summed E-state index contributed by atoms with van der Waals surface area (Å²) in [7, 11) is 0. The van der Waals surface area contributed by atoms with Crippen LogP contribution in [0.25, 0.3) is 0 Å². The SMILES string of the molecule is CC(N)C1(CCn2cncn2)CC1. The molecule has 1 aromatic rings. The summed E-state index contributed by atoms with van der Waals surface area (Å²) < 4.78 is 1.88. The standard InChI is InChI=1S/C9H16N4/c1-8(10)9(2-3-9)4-5-13-7-11-6-12-13/h6-8H,2-5,10H2,1H3. The molecule has 13 heavy (non-hydrogen) atoms. The molecular weight excluding hydrogens is 164 g/mol. The Labute approximate surface area is 78.1 Å². The second-order valence-corrected chi connectivity index (χ2v) is 4.06. The third-order valence-electron chi connectivity index (χ3n) is 3.16. The Morgan fingerprint density at radius 1 is 1.62 bits per heavy atom. The first kappa shape index (κ1) is 8.69. The van der Waals surface area contributed by atoms with Crippen molar-refractivity contribution < 1.29 is 0 Å². The normalized spacial score (nSPS) is 21.4. The minimum Gasteiger partial charge on any atom is -0.327 e. The van der Waals surface area contributed by atoms with Crippen molar-refractivity contribution in [2.75, 3.05) is 0 Å². The predicted molar refractivity (Wildman–Crippen MR) is 50.0 cm³/mol. The summed E-state index contributed by atoms with van der Waals surface area (Å²) in [5.74, 6) is 0. The third-order valence-corrected chi connectivity index (χ3v) is 3.16. The molecule has 1 aliphatic carbocycles. The molecule has 4 heteroatoms. The van der Waals surface area contributed by atoms with Crippen LogP contribution in [0.15, 0.2) is 12.7 Å². The summed E-state index contributed by atoms with van der Waals surface area (Å²) in [5.41, 5.74) is 6.34. The molecule has 0 aliphatic heterocycles. The van der Waals surface area contributed by atoms with Crippen molar-refractivity contribution in [2.24, 2.45) is 11.1 Å². The van der Waals surface area contributed by atoms with Crippen molar-refractivity contribution in [1.82, 2.24) is 14.8 Å². The Balaban J connectivity index is 1.86. The number of hydrogen-bond acceptors (Lipinski definition) is 3. The molecule has 1 aromatic heterocycles. The molecule has 72 valence electrons. The topological polar surface area (TPSA) is 56.7 Å². The lowest BCUT2D eigenvalue weighted by molar-refractivity contribution is 0.355. The molecule has 4 nitrogen and oxygen atoms in total. The van der Waals surface area contributed by atoms with E-state index in [1.807, 2.05) is 4.68 Å². The van der Waals surface area contributed by atoms with Gasteiger partial charge in [-0.1, -0.05) is 0 Å². The van der Waals surface area contributed by atoms with E-state index in [0.717, 1.165) is 13.0 Å². The monoisotopic (exact) mass is 180 g/mol. The molecule has 1 fully saturated rings. The maximum Gasteiger partial charge on any atom is 0.137 e. The van der Waals surface area contributed by atoms with E-state index in [2.05, 4.69) is 17.0 Å². The quantitative estimate of drug-likeness (QED) is 0.745. The van der Waals surface area contributed by atoms with Crippen LogP contribution in [0.3, 0.4) is 0 Å². The van der Waals surface area contributed by atoms with Gasteiger partial charge in [0, 0.05) is 12.6 Å². The molecule has 1 heterocycles.